The molecule has 0 unspecified atom stereocenters. The van der Waals surface area contributed by atoms with Crippen LogP contribution in [0.3, 0.4) is 0 Å². The first kappa shape index (κ1) is 32.3. The molecule has 0 aliphatic rings. The number of carboxylic acid groups (broad SMARTS) is 1. The van der Waals surface area contributed by atoms with E-state index < -0.39 is 5.97 Å². The Balaban J connectivity index is 1.42. The van der Waals surface area contributed by atoms with Crippen LogP contribution in [0.2, 0.25) is 0 Å². The van der Waals surface area contributed by atoms with Crippen LogP contribution in [0.1, 0.15) is 4.88 Å². The smallest absolute Gasteiger partial charge is 0.346 e. The fourth-order valence-electron chi connectivity index (χ4n) is 6.68. The number of para-hydroxylation sites is 2. The predicted octanol–water partition coefficient (Wildman–Crippen LogP) is 12.7. The summed E-state index contributed by atoms with van der Waals surface area (Å²) in [6.07, 6.45) is 1.43. The zero-order valence-corrected chi connectivity index (χ0v) is 28.7. The zero-order chi connectivity index (χ0) is 35.4. The molecule has 5 nitrogen and oxygen atoms in total. The van der Waals surface area contributed by atoms with E-state index in [1.165, 1.54) is 17.4 Å². The number of nitrogens with zero attached hydrogens (tertiary/aromatic N) is 3. The lowest BCUT2D eigenvalue weighted by atomic mass is 10.0. The predicted molar refractivity (Wildman–Crippen MR) is 215 cm³/mol. The van der Waals surface area contributed by atoms with Crippen molar-refractivity contribution in [1.82, 2.24) is 0 Å². The Morgan fingerprint density at radius 2 is 1.04 bits per heavy atom. The molecule has 0 saturated heterocycles. The van der Waals surface area contributed by atoms with Gasteiger partial charge in [0.1, 0.15) is 11.6 Å². The molecule has 0 radical (unpaired) electrons. The van der Waals surface area contributed by atoms with Gasteiger partial charge in [-0.1, -0.05) is 109 Å². The van der Waals surface area contributed by atoms with Gasteiger partial charge in [-0.2, -0.15) is 5.26 Å². The van der Waals surface area contributed by atoms with Crippen molar-refractivity contribution < 1.29 is 9.90 Å². The highest BCUT2D eigenvalue weighted by atomic mass is 32.1. The summed E-state index contributed by atoms with van der Waals surface area (Å²) in [4.78, 5) is 17.9. The van der Waals surface area contributed by atoms with Gasteiger partial charge in [-0.15, -0.1) is 11.3 Å². The van der Waals surface area contributed by atoms with Crippen molar-refractivity contribution in [1.29, 1.82) is 5.26 Å². The van der Waals surface area contributed by atoms with Gasteiger partial charge in [0.05, 0.1) is 11.4 Å². The Bertz CT molecular complexity index is 2490. The molecule has 0 bridgehead atoms. The van der Waals surface area contributed by atoms with Crippen molar-refractivity contribution in [3.63, 3.8) is 0 Å². The fraction of sp³-hybridized carbons (Fsp3) is 0. The first-order valence-corrected chi connectivity index (χ1v) is 17.7. The van der Waals surface area contributed by atoms with Crippen LogP contribution >= 0.6 is 11.3 Å². The lowest BCUT2D eigenvalue weighted by Gasteiger charge is -2.31. The van der Waals surface area contributed by atoms with Crippen LogP contribution < -0.4 is 9.80 Å². The Hall–Kier alpha value is -6.94. The minimum Gasteiger partial charge on any atom is -0.477 e. The number of fused-ring (bicyclic) bond motifs is 2. The zero-order valence-electron chi connectivity index (χ0n) is 27.9. The van der Waals surface area contributed by atoms with Crippen LogP contribution in [0, 0.1) is 11.3 Å². The number of carboxylic acids is 1. The van der Waals surface area contributed by atoms with Crippen LogP contribution in [0.4, 0.5) is 34.1 Å². The molecule has 6 heteroatoms. The van der Waals surface area contributed by atoms with E-state index in [-0.39, 0.29) is 5.57 Å². The number of benzene rings is 7. The molecule has 1 heterocycles. The Labute approximate surface area is 305 Å². The molecule has 0 fully saturated rings. The normalized spacial score (nSPS) is 11.3. The highest BCUT2D eigenvalue weighted by Gasteiger charge is 2.22. The third-order valence-corrected chi connectivity index (χ3v) is 10.1. The van der Waals surface area contributed by atoms with E-state index in [0.29, 0.717) is 4.88 Å². The maximum Gasteiger partial charge on any atom is 0.346 e. The molecule has 8 aromatic rings. The number of hydrogen-bond donors (Lipinski definition) is 1. The summed E-state index contributed by atoms with van der Waals surface area (Å²) in [5.74, 6) is -1.25. The van der Waals surface area contributed by atoms with Gasteiger partial charge in [0.25, 0.3) is 0 Å². The van der Waals surface area contributed by atoms with E-state index in [1.54, 1.807) is 6.07 Å². The monoisotopic (exact) mass is 689 g/mol. The number of rotatable bonds is 9. The molecule has 248 valence electrons. The van der Waals surface area contributed by atoms with Gasteiger partial charge < -0.3 is 14.9 Å². The molecule has 0 atom stereocenters. The SMILES string of the molecule is N#C/C(=C/c1ccc(-c2cc(N(c3ccccc3)c3cccc4ccccc34)cc(N(c3ccccc3)c3cccc4ccccc34)c2)s1)C(=O)O. The molecule has 52 heavy (non-hydrogen) atoms. The highest BCUT2D eigenvalue weighted by Crippen LogP contribution is 2.46. The van der Waals surface area contributed by atoms with Gasteiger partial charge in [0, 0.05) is 43.3 Å². The summed E-state index contributed by atoms with van der Waals surface area (Å²) in [6.45, 7) is 0. The first-order valence-electron chi connectivity index (χ1n) is 16.8. The topological polar surface area (TPSA) is 67.6 Å². The molecule has 1 N–H and O–H groups in total. The van der Waals surface area contributed by atoms with Crippen LogP contribution in [-0.2, 0) is 4.79 Å². The number of carbonyl (C=O) groups is 1. The third kappa shape index (κ3) is 6.29. The summed E-state index contributed by atoms with van der Waals surface area (Å²) in [5.41, 5.74) is 6.64. The van der Waals surface area contributed by atoms with Gasteiger partial charge in [-0.3, -0.25) is 0 Å². The summed E-state index contributed by atoms with van der Waals surface area (Å²) in [5, 5.41) is 23.5. The third-order valence-electron chi connectivity index (χ3n) is 9.01. The number of nitriles is 1. The number of anilines is 6. The molecule has 0 spiro atoms. The maximum atomic E-state index is 11.7. The van der Waals surface area contributed by atoms with Gasteiger partial charge >= 0.3 is 5.97 Å². The lowest BCUT2D eigenvalue weighted by molar-refractivity contribution is -0.132. The van der Waals surface area contributed by atoms with Crippen molar-refractivity contribution >= 4 is 79.1 Å². The van der Waals surface area contributed by atoms with E-state index in [2.05, 4.69) is 161 Å². The summed E-state index contributed by atoms with van der Waals surface area (Å²) >= 11 is 1.45. The van der Waals surface area contributed by atoms with Gasteiger partial charge in [0.2, 0.25) is 0 Å². The van der Waals surface area contributed by atoms with Crippen molar-refractivity contribution in [2.24, 2.45) is 0 Å². The molecule has 7 aromatic carbocycles. The van der Waals surface area contributed by atoms with Gasteiger partial charge in [0.15, 0.2) is 0 Å². The summed E-state index contributed by atoms with van der Waals surface area (Å²) in [7, 11) is 0. The second-order valence-corrected chi connectivity index (χ2v) is 13.4. The second kappa shape index (κ2) is 14.1. The summed E-state index contributed by atoms with van der Waals surface area (Å²) < 4.78 is 0. The van der Waals surface area contributed by atoms with Crippen molar-refractivity contribution in [2.75, 3.05) is 9.80 Å². The van der Waals surface area contributed by atoms with Crippen LogP contribution in [0.25, 0.3) is 38.1 Å². The number of hydrogen-bond acceptors (Lipinski definition) is 5. The van der Waals surface area contributed by atoms with E-state index in [4.69, 9.17) is 0 Å². The van der Waals surface area contributed by atoms with Crippen molar-refractivity contribution in [3.8, 4) is 16.5 Å². The largest absolute Gasteiger partial charge is 0.477 e. The molecular weight excluding hydrogens is 659 g/mol. The van der Waals surface area contributed by atoms with E-state index in [9.17, 15) is 15.2 Å². The Kier molecular flexibility index (Phi) is 8.76. The Morgan fingerprint density at radius 3 is 1.54 bits per heavy atom. The number of aliphatic carboxylic acids is 1. The van der Waals surface area contributed by atoms with Crippen LogP contribution in [0.5, 0.6) is 0 Å². The van der Waals surface area contributed by atoms with Gasteiger partial charge in [-0.25, -0.2) is 4.79 Å². The van der Waals surface area contributed by atoms with E-state index in [1.807, 2.05) is 24.3 Å². The summed E-state index contributed by atoms with van der Waals surface area (Å²) in [6, 6.07) is 62.6. The van der Waals surface area contributed by atoms with E-state index >= 15 is 0 Å². The van der Waals surface area contributed by atoms with E-state index in [0.717, 1.165) is 66.1 Å². The molecule has 8 rings (SSSR count). The van der Waals surface area contributed by atoms with Crippen molar-refractivity contribution in [3.05, 3.63) is 186 Å². The minimum absolute atomic E-state index is 0.305. The molecule has 0 aliphatic carbocycles. The minimum atomic E-state index is -1.25. The second-order valence-electron chi connectivity index (χ2n) is 12.3. The van der Waals surface area contributed by atoms with Crippen molar-refractivity contribution in [2.45, 2.75) is 0 Å². The first-order chi connectivity index (χ1) is 25.6. The van der Waals surface area contributed by atoms with Crippen LogP contribution in [-0.4, -0.2) is 11.1 Å². The highest BCUT2D eigenvalue weighted by molar-refractivity contribution is 7.16. The lowest BCUT2D eigenvalue weighted by Crippen LogP contribution is -2.14. The molecule has 0 saturated carbocycles. The standard InChI is InChI=1S/C46H31N3O2S/c47-31-35(46(50)51)29-40-25-26-45(52-40)34-27-38(48(36-17-3-1-4-18-36)43-23-11-15-32-13-7-9-21-41(32)43)30-39(28-34)49(37-19-5-2-6-20-37)44-24-12-16-33-14-8-10-22-42(33)44/h1-30H,(H,50,51)/b35-29-. The number of thiophene rings is 1. The average Bonchev–Trinajstić information content (AvgIpc) is 3.67. The molecule has 0 amide bonds. The Morgan fingerprint density at radius 1 is 0.558 bits per heavy atom. The molecule has 1 aromatic heterocycles. The quantitative estimate of drug-likeness (QED) is 0.121. The average molecular weight is 690 g/mol. The fourth-order valence-corrected chi connectivity index (χ4v) is 7.62. The van der Waals surface area contributed by atoms with Gasteiger partial charge in [-0.05, 0) is 89.1 Å². The molecule has 0 aliphatic heterocycles. The van der Waals surface area contributed by atoms with Crippen LogP contribution in [0.15, 0.2) is 181 Å². The maximum absolute atomic E-state index is 11.7. The molecular formula is C46H31N3O2S.